The van der Waals surface area contributed by atoms with Crippen LogP contribution in [0.1, 0.15) is 24.4 Å². The fraction of sp³-hybridized carbons (Fsp3) is 0.400. The zero-order valence-electron chi connectivity index (χ0n) is 19.2. The Bertz CT molecular complexity index is 1040. The molecule has 0 aliphatic carbocycles. The molecule has 34 heavy (non-hydrogen) atoms. The number of rotatable bonds is 5. The molecule has 0 aromatic heterocycles. The molecule has 0 spiro atoms. The molecule has 2 aromatic carbocycles. The molecule has 2 atom stereocenters. The van der Waals surface area contributed by atoms with Gasteiger partial charge < -0.3 is 19.7 Å². The predicted molar refractivity (Wildman–Crippen MR) is 125 cm³/mol. The highest BCUT2D eigenvalue weighted by atomic mass is 16.5. The van der Waals surface area contributed by atoms with Gasteiger partial charge in [0.1, 0.15) is 23.6 Å². The minimum Gasteiger partial charge on any atom is -0.457 e. The maximum atomic E-state index is 13.3. The van der Waals surface area contributed by atoms with Crippen LogP contribution in [-0.2, 0) is 9.53 Å². The first-order chi connectivity index (χ1) is 16.6. The number of nitrogens with one attached hydrogen (secondary N) is 1. The summed E-state index contributed by atoms with van der Waals surface area (Å²) in [4.78, 5) is 28.2. The number of para-hydroxylation sites is 1. The van der Waals surface area contributed by atoms with Gasteiger partial charge in [0.05, 0.1) is 19.3 Å². The van der Waals surface area contributed by atoms with E-state index in [4.69, 9.17) is 9.47 Å². The van der Waals surface area contributed by atoms with Gasteiger partial charge in [-0.15, -0.1) is 0 Å². The van der Waals surface area contributed by atoms with Crippen LogP contribution in [0.2, 0.25) is 0 Å². The first-order valence-electron chi connectivity index (χ1n) is 11.5. The highest BCUT2D eigenvalue weighted by Gasteiger charge is 2.39. The third kappa shape index (κ3) is 5.47. The van der Waals surface area contributed by atoms with E-state index in [1.54, 1.807) is 34.2 Å². The zero-order chi connectivity index (χ0) is 23.9. The Morgan fingerprint density at radius 1 is 1.09 bits per heavy atom. The molecule has 2 unspecified atom stereocenters. The van der Waals surface area contributed by atoms with E-state index >= 15 is 0 Å². The van der Waals surface area contributed by atoms with Crippen molar-refractivity contribution in [2.45, 2.75) is 24.9 Å². The summed E-state index contributed by atoms with van der Waals surface area (Å²) >= 11 is 0. The fourth-order valence-electron chi connectivity index (χ4n) is 4.21. The van der Waals surface area contributed by atoms with E-state index in [9.17, 15) is 14.9 Å². The van der Waals surface area contributed by atoms with Gasteiger partial charge in [0, 0.05) is 26.7 Å². The second-order valence-electron chi connectivity index (χ2n) is 8.32. The number of carbonyl (C=O) groups excluding carboxylic acids is 2. The van der Waals surface area contributed by atoms with Crippen LogP contribution in [0.25, 0.3) is 0 Å². The predicted octanol–water partition coefficient (Wildman–Crippen LogP) is 2.92. The summed E-state index contributed by atoms with van der Waals surface area (Å²) in [6.07, 6.45) is 1.31. The third-order valence-electron chi connectivity index (χ3n) is 5.99. The molecule has 3 amide bonds. The monoisotopic (exact) mass is 463 g/mol. The van der Waals surface area contributed by atoms with Gasteiger partial charge in [0.2, 0.25) is 5.91 Å². The number of morpholine rings is 1. The Morgan fingerprint density at radius 2 is 1.82 bits per heavy atom. The molecule has 1 N–H and O–H groups in total. The molecule has 2 saturated heterocycles. The normalized spacial score (nSPS) is 19.7. The number of carbonyl (C=O) groups is 2. The fourth-order valence-corrected chi connectivity index (χ4v) is 4.21. The van der Waals surface area contributed by atoms with Gasteiger partial charge in [-0.1, -0.05) is 30.3 Å². The number of urea groups is 1. The Hall–Kier alpha value is -3.61. The molecule has 2 aliphatic heterocycles. The lowest BCUT2D eigenvalue weighted by molar-refractivity contribution is -0.136. The lowest BCUT2D eigenvalue weighted by Crippen LogP contribution is -2.63. The zero-order valence-corrected chi connectivity index (χ0v) is 19.2. The minimum atomic E-state index is -0.876. The molecule has 4 rings (SSSR count). The summed E-state index contributed by atoms with van der Waals surface area (Å²) in [5.41, 5.74) is 0.611. The van der Waals surface area contributed by atoms with Crippen LogP contribution in [0.3, 0.4) is 0 Å². The molecular formula is C25H29N5O4. The van der Waals surface area contributed by atoms with Crippen LogP contribution in [0.5, 0.6) is 11.5 Å². The third-order valence-corrected chi connectivity index (χ3v) is 5.99. The molecular weight excluding hydrogens is 434 g/mol. The minimum absolute atomic E-state index is 0.211. The summed E-state index contributed by atoms with van der Waals surface area (Å²) in [5, 5.41) is 16.0. The van der Waals surface area contributed by atoms with Gasteiger partial charge in [-0.3, -0.25) is 4.79 Å². The van der Waals surface area contributed by atoms with E-state index in [-0.39, 0.29) is 11.9 Å². The van der Waals surface area contributed by atoms with Crippen molar-refractivity contribution in [3.63, 3.8) is 0 Å². The van der Waals surface area contributed by atoms with Crippen LogP contribution in [0, 0.1) is 11.3 Å². The van der Waals surface area contributed by atoms with E-state index < -0.39 is 12.1 Å². The molecule has 2 fully saturated rings. The van der Waals surface area contributed by atoms with Gasteiger partial charge in [0.15, 0.2) is 0 Å². The number of benzene rings is 2. The number of nitriles is 1. The van der Waals surface area contributed by atoms with E-state index in [0.29, 0.717) is 56.3 Å². The van der Waals surface area contributed by atoms with Crippen LogP contribution in [-0.4, -0.2) is 72.8 Å². The number of ether oxygens (including phenoxy) is 2. The summed E-state index contributed by atoms with van der Waals surface area (Å²) in [6.45, 7) is 2.63. The number of amides is 3. The molecule has 9 heteroatoms. The van der Waals surface area contributed by atoms with Crippen molar-refractivity contribution >= 4 is 11.9 Å². The van der Waals surface area contributed by atoms with Crippen molar-refractivity contribution in [3.8, 4) is 17.6 Å². The van der Waals surface area contributed by atoms with Crippen molar-refractivity contribution in [2.24, 2.45) is 0 Å². The Morgan fingerprint density at radius 3 is 2.56 bits per heavy atom. The van der Waals surface area contributed by atoms with Crippen LogP contribution in [0.15, 0.2) is 54.6 Å². The van der Waals surface area contributed by atoms with Gasteiger partial charge in [-0.05, 0) is 42.7 Å². The van der Waals surface area contributed by atoms with E-state index in [1.807, 2.05) is 37.4 Å². The Kier molecular flexibility index (Phi) is 7.62. The Balaban J connectivity index is 1.47. The lowest BCUT2D eigenvalue weighted by Gasteiger charge is -2.44. The highest BCUT2D eigenvalue weighted by Crippen LogP contribution is 2.25. The topological polar surface area (TPSA) is 98.1 Å². The summed E-state index contributed by atoms with van der Waals surface area (Å²) in [7, 11) is 1.81. The van der Waals surface area contributed by atoms with Crippen LogP contribution in [0.4, 0.5) is 4.79 Å². The van der Waals surface area contributed by atoms with Crippen LogP contribution >= 0.6 is 0 Å². The lowest BCUT2D eigenvalue weighted by atomic mass is 10.0. The maximum absolute atomic E-state index is 13.3. The van der Waals surface area contributed by atoms with Crippen molar-refractivity contribution in [3.05, 3.63) is 60.2 Å². The van der Waals surface area contributed by atoms with Gasteiger partial charge in [-0.2, -0.15) is 5.26 Å². The summed E-state index contributed by atoms with van der Waals surface area (Å²) in [6, 6.07) is 16.8. The van der Waals surface area contributed by atoms with Crippen molar-refractivity contribution in [1.82, 2.24) is 20.2 Å². The second-order valence-corrected chi connectivity index (χ2v) is 8.32. The molecule has 2 aliphatic rings. The molecule has 0 radical (unpaired) electrons. The van der Waals surface area contributed by atoms with Crippen molar-refractivity contribution < 1.29 is 19.1 Å². The first-order valence-corrected chi connectivity index (χ1v) is 11.5. The molecule has 178 valence electrons. The molecule has 0 saturated carbocycles. The Labute approximate surface area is 199 Å². The van der Waals surface area contributed by atoms with Gasteiger partial charge in [-0.25, -0.2) is 14.8 Å². The smallest absolute Gasteiger partial charge is 0.335 e. The average molecular weight is 464 g/mol. The summed E-state index contributed by atoms with van der Waals surface area (Å²) in [5.74, 6) is 0.897. The first kappa shape index (κ1) is 23.5. The number of hydrogen-bond donors (Lipinski definition) is 1. The maximum Gasteiger partial charge on any atom is 0.335 e. The standard InChI is InChI=1S/C25H29N5O4/c1-28-12-6-11-23(30(28)25(32)29-13-15-33-16-14-29)24(31)27-22(18-26)19-7-5-10-21(17-19)34-20-8-3-2-4-9-20/h2-5,7-10,17,22-23H,6,11-16H2,1H3,(H,27,31). The SMILES string of the molecule is CN1CCCC(C(=O)NC(C#N)c2cccc(Oc3ccccc3)c2)N1C(=O)N1CCOCC1. The quantitative estimate of drug-likeness (QED) is 0.732. The van der Waals surface area contributed by atoms with Crippen molar-refractivity contribution in [1.29, 1.82) is 5.26 Å². The largest absolute Gasteiger partial charge is 0.457 e. The summed E-state index contributed by atoms with van der Waals surface area (Å²) < 4.78 is 11.2. The highest BCUT2D eigenvalue weighted by molar-refractivity contribution is 5.87. The number of nitrogens with zero attached hydrogens (tertiary/aromatic N) is 4. The molecule has 0 bridgehead atoms. The second kappa shape index (κ2) is 11.0. The molecule has 2 aromatic rings. The number of hydrogen-bond acceptors (Lipinski definition) is 6. The van der Waals surface area contributed by atoms with E-state index in [2.05, 4.69) is 11.4 Å². The van der Waals surface area contributed by atoms with Gasteiger partial charge in [0.25, 0.3) is 0 Å². The number of hydrazine groups is 1. The molecule has 2 heterocycles. The van der Waals surface area contributed by atoms with Crippen molar-refractivity contribution in [2.75, 3.05) is 39.9 Å². The average Bonchev–Trinajstić information content (AvgIpc) is 2.88. The van der Waals surface area contributed by atoms with E-state index in [1.165, 1.54) is 5.01 Å². The van der Waals surface area contributed by atoms with E-state index in [0.717, 1.165) is 6.42 Å². The van der Waals surface area contributed by atoms with Gasteiger partial charge >= 0.3 is 6.03 Å². The van der Waals surface area contributed by atoms with Crippen LogP contribution < -0.4 is 10.1 Å². The molecule has 9 nitrogen and oxygen atoms in total.